The second-order valence-electron chi connectivity index (χ2n) is 9.29. The zero-order valence-corrected chi connectivity index (χ0v) is 25.6. The molecule has 2 atom stereocenters. The molecule has 35 heavy (non-hydrogen) atoms. The van der Waals surface area contributed by atoms with E-state index in [1.165, 1.54) is 43.6 Å². The molecule has 0 aliphatic carbocycles. The summed E-state index contributed by atoms with van der Waals surface area (Å²) in [6.45, 7) is 3.43. The van der Waals surface area contributed by atoms with Gasteiger partial charge < -0.3 is 26.0 Å². The van der Waals surface area contributed by atoms with Gasteiger partial charge in [-0.25, -0.2) is 0 Å². The summed E-state index contributed by atoms with van der Waals surface area (Å²) in [6, 6.07) is 0. The number of rotatable bonds is 15. The van der Waals surface area contributed by atoms with E-state index in [1.54, 1.807) is 0 Å². The van der Waals surface area contributed by atoms with Crippen LogP contribution in [0.2, 0.25) is 0 Å². The lowest BCUT2D eigenvalue weighted by Crippen LogP contribution is -2.31. The molecule has 2 aliphatic heterocycles. The van der Waals surface area contributed by atoms with Gasteiger partial charge in [-0.2, -0.15) is 0 Å². The molecule has 0 aromatic carbocycles. The van der Waals surface area contributed by atoms with Gasteiger partial charge in [0.05, 0.1) is 0 Å². The zero-order chi connectivity index (χ0) is 26.3. The first kappa shape index (κ1) is 35.2. The fraction of sp³-hybridized carbons (Fsp3) is 0.917. The summed E-state index contributed by atoms with van der Waals surface area (Å²) < 4.78 is 0. The van der Waals surface area contributed by atoms with Crippen LogP contribution >= 0.6 is 43.2 Å². The number of unbranched alkanes of at least 4 members (excludes halogenated alkanes) is 2. The lowest BCUT2D eigenvalue weighted by atomic mass is 10.1. The molecule has 2 heterocycles. The van der Waals surface area contributed by atoms with Crippen LogP contribution in [0.3, 0.4) is 0 Å². The van der Waals surface area contributed by atoms with Gasteiger partial charge in [0.2, 0.25) is 5.91 Å². The number of aliphatic carboxylic acids is 1. The fourth-order valence-corrected chi connectivity index (χ4v) is 9.26. The number of carbonyl (C=O) groups is 2. The Morgan fingerprint density at radius 3 is 1.74 bits per heavy atom. The summed E-state index contributed by atoms with van der Waals surface area (Å²) in [5.74, 6) is 2.12. The van der Waals surface area contributed by atoms with E-state index >= 15 is 0 Å². The average molecular weight is 571 g/mol. The first-order valence-corrected chi connectivity index (χ1v) is 17.6. The Morgan fingerprint density at radius 2 is 1.37 bits per heavy atom. The van der Waals surface area contributed by atoms with E-state index in [-0.39, 0.29) is 5.91 Å². The number of nitrogens with one attached hydrogen (secondary N) is 1. The SMILES string of the molecule is CN(C)CCN.CN(C)CCNC(=O)CCCCC1CCSS1.O=C(O)CCCCC1CCSS1. The Hall–Kier alpha value is 0.220. The number of carboxylic acid groups (broad SMARTS) is 1. The minimum Gasteiger partial charge on any atom is -0.481 e. The quantitative estimate of drug-likeness (QED) is 0.190. The number of nitrogens with two attached hydrogens (primary N) is 1. The molecule has 0 aromatic rings. The van der Waals surface area contributed by atoms with Crippen LogP contribution in [0, 0.1) is 0 Å². The van der Waals surface area contributed by atoms with Gasteiger partial charge in [-0.05, 0) is 66.7 Å². The van der Waals surface area contributed by atoms with Gasteiger partial charge in [-0.15, -0.1) is 0 Å². The molecule has 2 aliphatic rings. The van der Waals surface area contributed by atoms with Gasteiger partial charge in [-0.3, -0.25) is 9.59 Å². The van der Waals surface area contributed by atoms with Gasteiger partial charge in [0, 0.05) is 61.0 Å². The third kappa shape index (κ3) is 25.6. The molecule has 0 saturated carbocycles. The number of hydrogen-bond acceptors (Lipinski definition) is 9. The molecule has 2 rings (SSSR count). The predicted octanol–water partition coefficient (Wildman–Crippen LogP) is 4.67. The third-order valence-corrected chi connectivity index (χ3v) is 11.3. The molecule has 0 aromatic heterocycles. The van der Waals surface area contributed by atoms with Gasteiger partial charge in [-0.1, -0.05) is 56.0 Å². The van der Waals surface area contributed by atoms with Crippen molar-refractivity contribution in [2.24, 2.45) is 5.73 Å². The smallest absolute Gasteiger partial charge is 0.303 e. The number of likely N-dealkylation sites (N-methyl/N-ethyl adjacent to an activating group) is 2. The molecule has 1 amide bonds. The van der Waals surface area contributed by atoms with Gasteiger partial charge in [0.1, 0.15) is 0 Å². The summed E-state index contributed by atoms with van der Waals surface area (Å²) in [6.07, 6.45) is 10.3. The lowest BCUT2D eigenvalue weighted by Gasteiger charge is -2.10. The van der Waals surface area contributed by atoms with Crippen molar-refractivity contribution in [2.75, 3.05) is 65.9 Å². The normalized spacial score (nSPS) is 19.2. The maximum atomic E-state index is 11.5. The highest BCUT2D eigenvalue weighted by atomic mass is 33.1. The molecule has 2 saturated heterocycles. The van der Waals surface area contributed by atoms with Crippen LogP contribution in [-0.4, -0.2) is 103 Å². The van der Waals surface area contributed by atoms with E-state index in [0.29, 0.717) is 12.8 Å². The van der Waals surface area contributed by atoms with Gasteiger partial charge in [0.15, 0.2) is 0 Å². The van der Waals surface area contributed by atoms with Crippen molar-refractivity contribution in [1.82, 2.24) is 15.1 Å². The summed E-state index contributed by atoms with van der Waals surface area (Å²) in [7, 11) is 16.0. The topological polar surface area (TPSA) is 98.9 Å². The van der Waals surface area contributed by atoms with Crippen LogP contribution in [0.25, 0.3) is 0 Å². The van der Waals surface area contributed by atoms with Crippen LogP contribution in [0.5, 0.6) is 0 Å². The largest absolute Gasteiger partial charge is 0.481 e. The Kier molecular flexibility index (Phi) is 24.7. The third-order valence-electron chi connectivity index (χ3n) is 5.26. The van der Waals surface area contributed by atoms with Crippen LogP contribution < -0.4 is 11.1 Å². The standard InChI is InChI=1S/C12H24N2OS2.C8H14O2S2.C4H12N2/c1-14(2)9-8-13-12(15)6-4-3-5-11-7-10-16-17-11;9-8(10)4-2-1-3-7-5-6-11-12-7;1-6(2)4-3-5/h11H,3-10H2,1-2H3,(H,13,15);7H,1-6H2,(H,9,10);3-5H2,1-2H3. The summed E-state index contributed by atoms with van der Waals surface area (Å²) in [5, 5.41) is 13.0. The Labute approximate surface area is 230 Å². The Morgan fingerprint density at radius 1 is 0.857 bits per heavy atom. The Bertz CT molecular complexity index is 519. The zero-order valence-electron chi connectivity index (χ0n) is 22.3. The van der Waals surface area contributed by atoms with Crippen LogP contribution in [-0.2, 0) is 9.59 Å². The molecule has 208 valence electrons. The van der Waals surface area contributed by atoms with Crippen LogP contribution in [0.4, 0.5) is 0 Å². The van der Waals surface area contributed by atoms with Crippen LogP contribution in [0.1, 0.15) is 64.2 Å². The fourth-order valence-electron chi connectivity index (χ4n) is 3.20. The van der Waals surface area contributed by atoms with Crippen molar-refractivity contribution < 1.29 is 14.7 Å². The first-order valence-electron chi connectivity index (χ1n) is 12.8. The highest BCUT2D eigenvalue weighted by molar-refractivity contribution is 8.77. The summed E-state index contributed by atoms with van der Waals surface area (Å²) >= 11 is 0. The second kappa shape index (κ2) is 24.6. The minimum absolute atomic E-state index is 0.209. The highest BCUT2D eigenvalue weighted by Crippen LogP contribution is 2.40. The monoisotopic (exact) mass is 570 g/mol. The van der Waals surface area contributed by atoms with E-state index < -0.39 is 5.97 Å². The molecule has 2 unspecified atom stereocenters. The molecule has 7 nitrogen and oxygen atoms in total. The lowest BCUT2D eigenvalue weighted by molar-refractivity contribution is -0.137. The van der Waals surface area contributed by atoms with Gasteiger partial charge >= 0.3 is 5.97 Å². The molecule has 0 spiro atoms. The van der Waals surface area contributed by atoms with E-state index in [2.05, 4.69) is 15.1 Å². The molecule has 0 radical (unpaired) electrons. The Balaban J connectivity index is 0.000000557. The van der Waals surface area contributed by atoms with Crippen molar-refractivity contribution in [1.29, 1.82) is 0 Å². The van der Waals surface area contributed by atoms with Crippen molar-refractivity contribution in [2.45, 2.75) is 74.7 Å². The molecular weight excluding hydrogens is 521 g/mol. The summed E-state index contributed by atoms with van der Waals surface area (Å²) in [4.78, 5) is 25.8. The molecule has 11 heteroatoms. The second-order valence-corrected chi connectivity index (χ2v) is 14.9. The van der Waals surface area contributed by atoms with Crippen molar-refractivity contribution in [3.05, 3.63) is 0 Å². The van der Waals surface area contributed by atoms with Crippen molar-refractivity contribution in [3.8, 4) is 0 Å². The maximum absolute atomic E-state index is 11.5. The number of amides is 1. The number of carboxylic acids is 1. The first-order chi connectivity index (χ1) is 16.7. The molecule has 4 N–H and O–H groups in total. The van der Waals surface area contributed by atoms with Crippen LogP contribution in [0.15, 0.2) is 0 Å². The van der Waals surface area contributed by atoms with E-state index in [9.17, 15) is 9.59 Å². The van der Waals surface area contributed by atoms with Crippen molar-refractivity contribution in [3.63, 3.8) is 0 Å². The number of carbonyl (C=O) groups excluding carboxylic acids is 1. The predicted molar refractivity (Wildman–Crippen MR) is 161 cm³/mol. The average Bonchev–Trinajstić information content (AvgIpc) is 3.49. The van der Waals surface area contributed by atoms with Gasteiger partial charge in [0.25, 0.3) is 0 Å². The number of nitrogens with zero attached hydrogens (tertiary/aromatic N) is 2. The van der Waals surface area contributed by atoms with E-state index in [4.69, 9.17) is 10.8 Å². The maximum Gasteiger partial charge on any atom is 0.303 e. The minimum atomic E-state index is -0.663. The van der Waals surface area contributed by atoms with Crippen molar-refractivity contribution >= 4 is 55.1 Å². The summed E-state index contributed by atoms with van der Waals surface area (Å²) in [5.41, 5.74) is 5.19. The highest BCUT2D eigenvalue weighted by Gasteiger charge is 2.16. The number of hydrogen-bond donors (Lipinski definition) is 3. The molecule has 0 bridgehead atoms. The van der Waals surface area contributed by atoms with E-state index in [1.807, 2.05) is 71.4 Å². The van der Waals surface area contributed by atoms with E-state index in [0.717, 1.165) is 55.9 Å². The molecule has 2 fully saturated rings. The molecular formula is C24H50N4O3S4.